The van der Waals surface area contributed by atoms with Gasteiger partial charge in [-0.05, 0) is 49.2 Å². The maximum absolute atomic E-state index is 12.4. The minimum atomic E-state index is -3.25. The molecule has 0 bridgehead atoms. The van der Waals surface area contributed by atoms with Gasteiger partial charge in [0.25, 0.3) is 5.91 Å². The molecule has 1 N–H and O–H groups in total. The number of hydrogen-bond acceptors (Lipinski definition) is 6. The van der Waals surface area contributed by atoms with Crippen molar-refractivity contribution in [2.45, 2.75) is 13.3 Å². The van der Waals surface area contributed by atoms with Crippen LogP contribution in [0.25, 0.3) is 11.5 Å². The molecule has 0 saturated carbocycles. The maximum Gasteiger partial charge on any atom is 0.277 e. The second-order valence-electron chi connectivity index (χ2n) is 6.25. The molecule has 1 fully saturated rings. The van der Waals surface area contributed by atoms with Crippen molar-refractivity contribution >= 4 is 27.3 Å². The van der Waals surface area contributed by atoms with Gasteiger partial charge >= 0.3 is 0 Å². The summed E-state index contributed by atoms with van der Waals surface area (Å²) >= 11 is 0. The standard InChI is InChI=1S/C18H17N3O5S/c1-12-10-13(5-6-15(12)21-7-3-9-27(21,23)24)19-18(22)14-11-17(26-20-14)16-4-2-8-25-16/h2,4-6,8,10-11H,3,7,9H2,1H3,(H,19,22). The van der Waals surface area contributed by atoms with E-state index in [4.69, 9.17) is 8.94 Å². The molecule has 1 amide bonds. The zero-order chi connectivity index (χ0) is 19.0. The van der Waals surface area contributed by atoms with Crippen LogP contribution in [0.2, 0.25) is 0 Å². The van der Waals surface area contributed by atoms with Gasteiger partial charge in [0.15, 0.2) is 11.5 Å². The second kappa shape index (κ2) is 6.58. The molecule has 1 aliphatic heterocycles. The monoisotopic (exact) mass is 387 g/mol. The van der Waals surface area contributed by atoms with E-state index >= 15 is 0 Å². The van der Waals surface area contributed by atoms with Gasteiger partial charge in [-0.3, -0.25) is 9.10 Å². The molecule has 2 aromatic heterocycles. The highest BCUT2D eigenvalue weighted by Gasteiger charge is 2.29. The molecule has 0 radical (unpaired) electrons. The molecule has 1 aliphatic rings. The fourth-order valence-corrected chi connectivity index (χ4v) is 4.66. The molecular weight excluding hydrogens is 370 g/mol. The molecule has 9 heteroatoms. The fourth-order valence-electron chi connectivity index (χ4n) is 3.04. The predicted molar refractivity (Wildman–Crippen MR) is 99.1 cm³/mol. The summed E-state index contributed by atoms with van der Waals surface area (Å²) in [7, 11) is -3.25. The smallest absolute Gasteiger partial charge is 0.277 e. The van der Waals surface area contributed by atoms with Gasteiger partial charge in [-0.25, -0.2) is 8.42 Å². The number of aromatic nitrogens is 1. The number of sulfonamides is 1. The summed E-state index contributed by atoms with van der Waals surface area (Å²) in [5.74, 6) is 0.566. The normalized spacial score (nSPS) is 15.8. The minimum Gasteiger partial charge on any atom is -0.461 e. The molecule has 0 atom stereocenters. The molecule has 140 valence electrons. The number of amides is 1. The van der Waals surface area contributed by atoms with Gasteiger partial charge in [-0.1, -0.05) is 5.16 Å². The van der Waals surface area contributed by atoms with Crippen LogP contribution in [0.15, 0.2) is 51.6 Å². The summed E-state index contributed by atoms with van der Waals surface area (Å²) in [4.78, 5) is 12.4. The Hall–Kier alpha value is -3.07. The van der Waals surface area contributed by atoms with Crippen LogP contribution in [0.4, 0.5) is 11.4 Å². The second-order valence-corrected chi connectivity index (χ2v) is 8.26. The molecule has 1 aromatic carbocycles. The van der Waals surface area contributed by atoms with E-state index in [1.165, 1.54) is 16.6 Å². The largest absolute Gasteiger partial charge is 0.461 e. The summed E-state index contributed by atoms with van der Waals surface area (Å²) < 4.78 is 35.9. The first-order chi connectivity index (χ1) is 12.9. The van der Waals surface area contributed by atoms with Crippen LogP contribution in [0.1, 0.15) is 22.5 Å². The number of benzene rings is 1. The third kappa shape index (κ3) is 3.33. The lowest BCUT2D eigenvalue weighted by atomic mass is 10.1. The average Bonchev–Trinajstić information content (AvgIpc) is 3.34. The van der Waals surface area contributed by atoms with Crippen LogP contribution >= 0.6 is 0 Å². The zero-order valence-electron chi connectivity index (χ0n) is 14.5. The van der Waals surface area contributed by atoms with Gasteiger partial charge in [0.05, 0.1) is 17.7 Å². The van der Waals surface area contributed by atoms with Crippen LogP contribution in [0, 0.1) is 6.92 Å². The topological polar surface area (TPSA) is 106 Å². The number of carbonyl (C=O) groups excluding carboxylic acids is 1. The first-order valence-corrected chi connectivity index (χ1v) is 9.98. The Bertz CT molecular complexity index is 1090. The van der Waals surface area contributed by atoms with Crippen molar-refractivity contribution in [2.24, 2.45) is 0 Å². The number of carbonyl (C=O) groups is 1. The molecule has 3 heterocycles. The Labute approximate surface area is 155 Å². The highest BCUT2D eigenvalue weighted by atomic mass is 32.2. The van der Waals surface area contributed by atoms with E-state index in [-0.39, 0.29) is 11.4 Å². The number of hydrogen-bond donors (Lipinski definition) is 1. The summed E-state index contributed by atoms with van der Waals surface area (Å²) in [6.45, 7) is 2.29. The number of aryl methyl sites for hydroxylation is 1. The van der Waals surface area contributed by atoms with E-state index in [1.54, 1.807) is 30.3 Å². The molecule has 0 aliphatic carbocycles. The van der Waals surface area contributed by atoms with Gasteiger partial charge in [-0.2, -0.15) is 0 Å². The van der Waals surface area contributed by atoms with Crippen molar-refractivity contribution in [1.82, 2.24) is 5.16 Å². The van der Waals surface area contributed by atoms with Crippen molar-refractivity contribution in [1.29, 1.82) is 0 Å². The molecule has 0 unspecified atom stereocenters. The number of nitrogens with zero attached hydrogens (tertiary/aromatic N) is 2. The van der Waals surface area contributed by atoms with Crippen LogP contribution in [0.3, 0.4) is 0 Å². The van der Waals surface area contributed by atoms with Crippen molar-refractivity contribution in [3.8, 4) is 11.5 Å². The van der Waals surface area contributed by atoms with Crippen LogP contribution in [-0.2, 0) is 10.0 Å². The Kier molecular flexibility index (Phi) is 4.23. The first-order valence-electron chi connectivity index (χ1n) is 8.37. The predicted octanol–water partition coefficient (Wildman–Crippen LogP) is 3.04. The SMILES string of the molecule is Cc1cc(NC(=O)c2cc(-c3ccco3)on2)ccc1N1CCCS1(=O)=O. The fraction of sp³-hybridized carbons (Fsp3) is 0.222. The van der Waals surface area contributed by atoms with Gasteiger partial charge in [-0.15, -0.1) is 0 Å². The summed E-state index contributed by atoms with van der Waals surface area (Å²) in [5.41, 5.74) is 2.05. The van der Waals surface area contributed by atoms with E-state index in [1.807, 2.05) is 6.92 Å². The molecule has 8 nitrogen and oxygen atoms in total. The highest BCUT2D eigenvalue weighted by Crippen LogP contribution is 2.29. The third-order valence-corrected chi connectivity index (χ3v) is 6.18. The van der Waals surface area contributed by atoms with E-state index in [0.29, 0.717) is 35.9 Å². The number of anilines is 2. The van der Waals surface area contributed by atoms with Crippen LogP contribution < -0.4 is 9.62 Å². The van der Waals surface area contributed by atoms with Gasteiger partial charge < -0.3 is 14.3 Å². The van der Waals surface area contributed by atoms with Crippen LogP contribution in [-0.4, -0.2) is 31.8 Å². The molecule has 3 aromatic rings. The van der Waals surface area contributed by atoms with Gasteiger partial charge in [0.2, 0.25) is 15.8 Å². The lowest BCUT2D eigenvalue weighted by Gasteiger charge is -2.19. The Balaban J connectivity index is 1.51. The Morgan fingerprint density at radius 3 is 2.74 bits per heavy atom. The lowest BCUT2D eigenvalue weighted by molar-refractivity contribution is 0.101. The van der Waals surface area contributed by atoms with E-state index in [0.717, 1.165) is 5.56 Å². The van der Waals surface area contributed by atoms with E-state index < -0.39 is 15.9 Å². The third-order valence-electron chi connectivity index (χ3n) is 4.33. The van der Waals surface area contributed by atoms with Crippen molar-refractivity contribution in [3.63, 3.8) is 0 Å². The molecule has 27 heavy (non-hydrogen) atoms. The molecule has 4 rings (SSSR count). The van der Waals surface area contributed by atoms with Gasteiger partial charge in [0, 0.05) is 18.3 Å². The lowest BCUT2D eigenvalue weighted by Crippen LogP contribution is -2.25. The highest BCUT2D eigenvalue weighted by molar-refractivity contribution is 7.93. The molecule has 1 saturated heterocycles. The van der Waals surface area contributed by atoms with Crippen molar-refractivity contribution in [3.05, 3.63) is 53.9 Å². The number of furan rings is 1. The maximum atomic E-state index is 12.4. The Morgan fingerprint density at radius 2 is 2.07 bits per heavy atom. The van der Waals surface area contributed by atoms with E-state index in [2.05, 4.69) is 10.5 Å². The summed E-state index contributed by atoms with van der Waals surface area (Å²) in [6, 6.07) is 10.0. The van der Waals surface area contributed by atoms with E-state index in [9.17, 15) is 13.2 Å². The summed E-state index contributed by atoms with van der Waals surface area (Å²) in [5, 5.41) is 6.49. The van der Waals surface area contributed by atoms with Crippen LogP contribution in [0.5, 0.6) is 0 Å². The quantitative estimate of drug-likeness (QED) is 0.738. The first kappa shape index (κ1) is 17.3. The Morgan fingerprint density at radius 1 is 1.22 bits per heavy atom. The molecule has 0 spiro atoms. The number of rotatable bonds is 4. The summed E-state index contributed by atoms with van der Waals surface area (Å²) in [6.07, 6.45) is 2.12. The zero-order valence-corrected chi connectivity index (χ0v) is 15.3. The minimum absolute atomic E-state index is 0.116. The van der Waals surface area contributed by atoms with Crippen molar-refractivity contribution in [2.75, 3.05) is 21.9 Å². The molecular formula is C18H17N3O5S. The van der Waals surface area contributed by atoms with Crippen molar-refractivity contribution < 1.29 is 22.2 Å². The van der Waals surface area contributed by atoms with Gasteiger partial charge in [0.1, 0.15) is 0 Å². The average molecular weight is 387 g/mol. The number of nitrogens with one attached hydrogen (secondary N) is 1.